The van der Waals surface area contributed by atoms with Crippen LogP contribution in [-0.4, -0.2) is 116 Å². The average Bonchev–Trinajstić information content (AvgIpc) is 2.95. The lowest BCUT2D eigenvalue weighted by Gasteiger charge is -2.40. The van der Waals surface area contributed by atoms with Crippen molar-refractivity contribution in [2.45, 2.75) is 74.1 Å². The molecule has 12 nitrogen and oxygen atoms in total. The fourth-order valence-electron chi connectivity index (χ4n) is 4.85. The maximum absolute atomic E-state index is 10.5. The zero-order valence-corrected chi connectivity index (χ0v) is 21.4. The first-order chi connectivity index (χ1) is 18.7. The van der Waals surface area contributed by atoms with Crippen molar-refractivity contribution in [1.29, 1.82) is 0 Å². The van der Waals surface area contributed by atoms with E-state index in [4.69, 9.17) is 18.9 Å². The highest BCUT2D eigenvalue weighted by Gasteiger charge is 2.45. The van der Waals surface area contributed by atoms with Gasteiger partial charge < -0.3 is 59.8 Å². The van der Waals surface area contributed by atoms with E-state index in [0.29, 0.717) is 24.2 Å². The Labute approximate surface area is 225 Å². The summed E-state index contributed by atoms with van der Waals surface area (Å²) in [5, 5.41) is 79.9. The molecule has 0 aromatic heterocycles. The Morgan fingerprint density at radius 1 is 0.667 bits per heavy atom. The summed E-state index contributed by atoms with van der Waals surface area (Å²) in [6.45, 7) is -1.08. The molecule has 2 saturated heterocycles. The molecule has 39 heavy (non-hydrogen) atoms. The second kappa shape index (κ2) is 12.9. The van der Waals surface area contributed by atoms with Gasteiger partial charge in [-0.15, -0.1) is 0 Å². The van der Waals surface area contributed by atoms with Gasteiger partial charge in [0, 0.05) is 6.07 Å². The predicted molar refractivity (Wildman–Crippen MR) is 134 cm³/mol. The van der Waals surface area contributed by atoms with Crippen LogP contribution in [-0.2, 0) is 22.3 Å². The smallest absolute Gasteiger partial charge is 0.229 e. The van der Waals surface area contributed by atoms with Crippen molar-refractivity contribution in [3.8, 4) is 11.5 Å². The Morgan fingerprint density at radius 2 is 1.28 bits per heavy atom. The van der Waals surface area contributed by atoms with E-state index in [1.54, 1.807) is 24.3 Å². The molecule has 0 aliphatic carbocycles. The Bertz CT molecular complexity index is 1080. The van der Waals surface area contributed by atoms with E-state index < -0.39 is 74.4 Å². The fraction of sp³-hybridized carbons (Fsp3) is 0.556. The SMILES string of the molecule is COc1cc(CCc2cccc([C@H]3O[C@@H](CO)[C@H](O)[C@@H](O)[C@@H]3O)c2)cc(O[C@@H]2O[C@H](CO)[C@@H](O)[C@H](O)[C@H]2O)c1. The molecule has 2 fully saturated rings. The maximum Gasteiger partial charge on any atom is 0.229 e. The summed E-state index contributed by atoms with van der Waals surface area (Å²) in [5.41, 5.74) is 2.29. The average molecular weight is 553 g/mol. The van der Waals surface area contributed by atoms with Crippen molar-refractivity contribution < 1.29 is 59.8 Å². The van der Waals surface area contributed by atoms with Crippen LogP contribution in [0, 0.1) is 0 Å². The van der Waals surface area contributed by atoms with Crippen molar-refractivity contribution in [3.05, 3.63) is 59.2 Å². The van der Waals surface area contributed by atoms with Crippen LogP contribution in [0.4, 0.5) is 0 Å². The van der Waals surface area contributed by atoms with Gasteiger partial charge in [-0.3, -0.25) is 0 Å². The Kier molecular flexibility index (Phi) is 9.78. The van der Waals surface area contributed by atoms with Gasteiger partial charge in [0.1, 0.15) is 66.4 Å². The summed E-state index contributed by atoms with van der Waals surface area (Å²) < 4.78 is 22.2. The molecule has 0 radical (unpaired) electrons. The van der Waals surface area contributed by atoms with Crippen LogP contribution in [0.3, 0.4) is 0 Å². The van der Waals surface area contributed by atoms with Gasteiger partial charge in [0.15, 0.2) is 0 Å². The lowest BCUT2D eigenvalue weighted by atomic mass is 9.90. The third-order valence-corrected chi connectivity index (χ3v) is 7.15. The molecular formula is C27H36O12. The van der Waals surface area contributed by atoms with Crippen LogP contribution < -0.4 is 9.47 Å². The molecular weight excluding hydrogens is 516 g/mol. The molecule has 0 spiro atoms. The minimum Gasteiger partial charge on any atom is -0.497 e. The molecule has 2 aliphatic rings. The van der Waals surface area contributed by atoms with Crippen LogP contribution >= 0.6 is 0 Å². The second-order valence-corrected chi connectivity index (χ2v) is 9.83. The first kappa shape index (κ1) is 29.6. The Morgan fingerprint density at radius 3 is 1.95 bits per heavy atom. The number of benzene rings is 2. The highest BCUT2D eigenvalue weighted by Crippen LogP contribution is 2.33. The van der Waals surface area contributed by atoms with E-state index in [9.17, 15) is 40.9 Å². The summed E-state index contributed by atoms with van der Waals surface area (Å²) in [7, 11) is 1.49. The minimum absolute atomic E-state index is 0.281. The van der Waals surface area contributed by atoms with Gasteiger partial charge in [-0.2, -0.15) is 0 Å². The number of hydrogen-bond acceptors (Lipinski definition) is 12. The minimum atomic E-state index is -1.57. The van der Waals surface area contributed by atoms with Crippen LogP contribution in [0.5, 0.6) is 11.5 Å². The predicted octanol–water partition coefficient (Wildman–Crippen LogP) is -1.83. The van der Waals surface area contributed by atoms with Crippen LogP contribution in [0.1, 0.15) is 22.8 Å². The van der Waals surface area contributed by atoms with E-state index in [1.807, 2.05) is 18.2 Å². The van der Waals surface area contributed by atoms with Gasteiger partial charge in [-0.1, -0.05) is 24.3 Å². The van der Waals surface area contributed by atoms with Crippen LogP contribution in [0.15, 0.2) is 42.5 Å². The number of methoxy groups -OCH3 is 1. The lowest BCUT2D eigenvalue weighted by Crippen LogP contribution is -2.60. The quantitative estimate of drug-likeness (QED) is 0.173. The third kappa shape index (κ3) is 6.52. The first-order valence-corrected chi connectivity index (χ1v) is 12.7. The normalized spacial score (nSPS) is 35.0. The zero-order valence-electron chi connectivity index (χ0n) is 21.4. The molecule has 8 N–H and O–H groups in total. The monoisotopic (exact) mass is 552 g/mol. The van der Waals surface area contributed by atoms with Gasteiger partial charge in [0.25, 0.3) is 0 Å². The topological polar surface area (TPSA) is 199 Å². The second-order valence-electron chi connectivity index (χ2n) is 9.83. The van der Waals surface area contributed by atoms with Crippen molar-refractivity contribution in [2.75, 3.05) is 20.3 Å². The highest BCUT2D eigenvalue weighted by molar-refractivity contribution is 5.39. The molecule has 0 unspecified atom stereocenters. The Balaban J connectivity index is 1.47. The molecule has 0 saturated carbocycles. The lowest BCUT2D eigenvalue weighted by molar-refractivity contribution is -0.277. The van der Waals surface area contributed by atoms with E-state index in [2.05, 4.69) is 0 Å². The van der Waals surface area contributed by atoms with Gasteiger partial charge >= 0.3 is 0 Å². The number of aryl methyl sites for hydroxylation is 2. The van der Waals surface area contributed by atoms with Crippen LogP contribution in [0.2, 0.25) is 0 Å². The fourth-order valence-corrected chi connectivity index (χ4v) is 4.85. The number of rotatable bonds is 9. The molecule has 0 bridgehead atoms. The molecule has 0 amide bonds. The van der Waals surface area contributed by atoms with E-state index in [0.717, 1.165) is 11.1 Å². The number of hydrogen-bond donors (Lipinski definition) is 8. The summed E-state index contributed by atoms with van der Waals surface area (Å²) in [5.74, 6) is 0.755. The zero-order chi connectivity index (χ0) is 28.3. The number of aliphatic hydroxyl groups is 8. The number of ether oxygens (including phenoxy) is 4. The molecule has 216 valence electrons. The molecule has 2 aliphatic heterocycles. The number of aliphatic hydroxyl groups excluding tert-OH is 8. The van der Waals surface area contributed by atoms with E-state index >= 15 is 0 Å². The highest BCUT2D eigenvalue weighted by atomic mass is 16.7. The maximum atomic E-state index is 10.5. The standard InChI is InChI=1S/C27H36O12/c1-36-16-8-14(9-17(10-16)37-27-25(35)23(33)21(31)19(12-29)39-27)6-5-13-3-2-4-15(7-13)26-24(34)22(32)20(30)18(11-28)38-26/h2-4,7-10,18-35H,5-6,11-12H2,1H3/t18-,19+,20-,21+,22+,23-,24-,25+,26+,27+/m0/s1. The summed E-state index contributed by atoms with van der Waals surface area (Å²) in [6, 6.07) is 12.3. The summed E-state index contributed by atoms with van der Waals surface area (Å²) >= 11 is 0. The Hall–Kier alpha value is -2.36. The molecule has 2 aromatic carbocycles. The molecule has 10 atom stereocenters. The van der Waals surface area contributed by atoms with Crippen molar-refractivity contribution >= 4 is 0 Å². The van der Waals surface area contributed by atoms with Crippen molar-refractivity contribution in [1.82, 2.24) is 0 Å². The largest absolute Gasteiger partial charge is 0.497 e. The van der Waals surface area contributed by atoms with Gasteiger partial charge in [0.2, 0.25) is 6.29 Å². The molecule has 2 aromatic rings. The van der Waals surface area contributed by atoms with Crippen LogP contribution in [0.25, 0.3) is 0 Å². The molecule has 12 heteroatoms. The summed E-state index contributed by atoms with van der Waals surface area (Å²) in [6.07, 6.45) is -12.2. The summed E-state index contributed by atoms with van der Waals surface area (Å²) in [4.78, 5) is 0. The van der Waals surface area contributed by atoms with Gasteiger partial charge in [0.05, 0.1) is 20.3 Å². The van der Waals surface area contributed by atoms with E-state index in [1.165, 1.54) is 7.11 Å². The van der Waals surface area contributed by atoms with Crippen molar-refractivity contribution in [2.24, 2.45) is 0 Å². The van der Waals surface area contributed by atoms with Gasteiger partial charge in [-0.05, 0) is 41.7 Å². The molecule has 4 rings (SSSR count). The van der Waals surface area contributed by atoms with Gasteiger partial charge in [-0.25, -0.2) is 0 Å². The molecule has 2 heterocycles. The third-order valence-electron chi connectivity index (χ3n) is 7.15. The first-order valence-electron chi connectivity index (χ1n) is 12.7. The van der Waals surface area contributed by atoms with Crippen molar-refractivity contribution in [3.63, 3.8) is 0 Å². The van der Waals surface area contributed by atoms with E-state index in [-0.39, 0.29) is 5.75 Å².